The number of nitrogens with one attached hydrogen (secondary N) is 1. The Morgan fingerprint density at radius 1 is 1.52 bits per heavy atom. The largest absolute Gasteiger partial charge is 0.480 e. The van der Waals surface area contributed by atoms with Crippen molar-refractivity contribution in [2.45, 2.75) is 19.6 Å². The molecule has 1 amide bonds. The maximum absolute atomic E-state index is 11.9. The zero-order valence-electron chi connectivity index (χ0n) is 11.5. The monoisotopic (exact) mass is 285 g/mol. The van der Waals surface area contributed by atoms with Crippen LogP contribution in [-0.4, -0.2) is 12.0 Å². The Kier molecular flexibility index (Phi) is 4.46. The van der Waals surface area contributed by atoms with Gasteiger partial charge in [-0.15, -0.1) is 0 Å². The molecule has 1 aromatic carbocycles. The first-order chi connectivity index (χ1) is 10.1. The van der Waals surface area contributed by atoms with E-state index in [0.29, 0.717) is 22.8 Å². The van der Waals surface area contributed by atoms with Crippen molar-refractivity contribution in [2.24, 2.45) is 0 Å². The maximum Gasteiger partial charge on any atom is 0.261 e. The fourth-order valence-corrected chi connectivity index (χ4v) is 1.71. The second-order valence-corrected chi connectivity index (χ2v) is 4.42. The molecular weight excluding hydrogens is 270 g/mol. The molecule has 6 heteroatoms. The molecule has 6 nitrogen and oxygen atoms in total. The smallest absolute Gasteiger partial charge is 0.261 e. The van der Waals surface area contributed by atoms with Gasteiger partial charge < -0.3 is 20.2 Å². The number of carbonyl (C=O) groups is 1. The van der Waals surface area contributed by atoms with E-state index in [1.54, 1.807) is 31.2 Å². The van der Waals surface area contributed by atoms with E-state index in [1.807, 2.05) is 6.07 Å². The van der Waals surface area contributed by atoms with Gasteiger partial charge in [-0.1, -0.05) is 0 Å². The van der Waals surface area contributed by atoms with Crippen LogP contribution < -0.4 is 15.8 Å². The number of carbonyl (C=O) groups excluding carboxylic acids is 1. The number of furan rings is 1. The molecule has 0 aliphatic rings. The molecule has 0 radical (unpaired) electrons. The molecule has 0 saturated carbocycles. The van der Waals surface area contributed by atoms with Crippen LogP contribution in [0.15, 0.2) is 41.0 Å². The van der Waals surface area contributed by atoms with E-state index in [9.17, 15) is 4.79 Å². The van der Waals surface area contributed by atoms with Crippen LogP contribution in [0.25, 0.3) is 0 Å². The number of anilines is 1. The highest BCUT2D eigenvalue weighted by Crippen LogP contribution is 2.21. The number of hydrogen-bond donors (Lipinski definition) is 2. The van der Waals surface area contributed by atoms with Crippen LogP contribution in [0.2, 0.25) is 0 Å². The second kappa shape index (κ2) is 6.48. The minimum Gasteiger partial charge on any atom is -0.480 e. The lowest BCUT2D eigenvalue weighted by Crippen LogP contribution is -2.35. The van der Waals surface area contributed by atoms with Gasteiger partial charge in [-0.2, -0.15) is 5.26 Å². The molecule has 0 bridgehead atoms. The minimum atomic E-state index is -0.740. The van der Waals surface area contributed by atoms with Crippen LogP contribution in [0.1, 0.15) is 18.2 Å². The van der Waals surface area contributed by atoms with Crippen molar-refractivity contribution < 1.29 is 13.9 Å². The Labute approximate surface area is 122 Å². The van der Waals surface area contributed by atoms with Gasteiger partial charge >= 0.3 is 0 Å². The fraction of sp³-hybridized carbons (Fsp3) is 0.200. The summed E-state index contributed by atoms with van der Waals surface area (Å²) < 4.78 is 10.6. The van der Waals surface area contributed by atoms with E-state index >= 15 is 0 Å². The molecule has 0 spiro atoms. The lowest BCUT2D eigenvalue weighted by atomic mass is 10.2. The summed E-state index contributed by atoms with van der Waals surface area (Å²) in [6.45, 7) is 1.89. The highest BCUT2D eigenvalue weighted by molar-refractivity contribution is 5.80. The molecule has 1 atom stereocenters. The SMILES string of the molecule is CC(Oc1ccc(N)cc1C#N)C(=O)NCc1ccco1. The van der Waals surface area contributed by atoms with Gasteiger partial charge in [0.2, 0.25) is 0 Å². The molecule has 108 valence electrons. The van der Waals surface area contributed by atoms with Gasteiger partial charge in [0.25, 0.3) is 5.91 Å². The summed E-state index contributed by atoms with van der Waals surface area (Å²) in [5.74, 6) is 0.681. The van der Waals surface area contributed by atoms with Crippen molar-refractivity contribution in [1.29, 1.82) is 5.26 Å². The lowest BCUT2D eigenvalue weighted by molar-refractivity contribution is -0.127. The predicted molar refractivity (Wildman–Crippen MR) is 76.2 cm³/mol. The summed E-state index contributed by atoms with van der Waals surface area (Å²) in [6, 6.07) is 10.2. The predicted octanol–water partition coefficient (Wildman–Crippen LogP) is 1.82. The van der Waals surface area contributed by atoms with Crippen LogP contribution in [0.3, 0.4) is 0 Å². The van der Waals surface area contributed by atoms with Gasteiger partial charge in [-0.25, -0.2) is 0 Å². The Morgan fingerprint density at radius 3 is 3.00 bits per heavy atom. The standard InChI is InChI=1S/C15H15N3O3/c1-10(15(19)18-9-13-3-2-6-20-13)21-14-5-4-12(17)7-11(14)8-16/h2-7,10H,9,17H2,1H3,(H,18,19). The molecule has 0 aliphatic carbocycles. The Morgan fingerprint density at radius 2 is 2.33 bits per heavy atom. The van der Waals surface area contributed by atoms with Crippen molar-refractivity contribution in [2.75, 3.05) is 5.73 Å². The molecule has 1 aromatic heterocycles. The summed E-state index contributed by atoms with van der Waals surface area (Å²) in [6.07, 6.45) is 0.797. The first-order valence-corrected chi connectivity index (χ1v) is 6.36. The van der Waals surface area contributed by atoms with Crippen LogP contribution in [-0.2, 0) is 11.3 Å². The number of nitrogen functional groups attached to an aromatic ring is 1. The summed E-state index contributed by atoms with van der Waals surface area (Å²) in [5.41, 5.74) is 6.36. The van der Waals surface area contributed by atoms with E-state index in [-0.39, 0.29) is 12.5 Å². The maximum atomic E-state index is 11.9. The first kappa shape index (κ1) is 14.5. The van der Waals surface area contributed by atoms with Crippen LogP contribution >= 0.6 is 0 Å². The number of benzene rings is 1. The minimum absolute atomic E-state index is 0.284. The molecule has 0 fully saturated rings. The van der Waals surface area contributed by atoms with Gasteiger partial charge in [0.1, 0.15) is 17.6 Å². The molecule has 2 aromatic rings. The fourth-order valence-electron chi connectivity index (χ4n) is 1.71. The van der Waals surface area contributed by atoms with Gasteiger partial charge in [0.15, 0.2) is 6.10 Å². The Balaban J connectivity index is 1.96. The van der Waals surface area contributed by atoms with Crippen molar-refractivity contribution in [3.63, 3.8) is 0 Å². The number of rotatable bonds is 5. The highest BCUT2D eigenvalue weighted by atomic mass is 16.5. The third kappa shape index (κ3) is 3.76. The third-order valence-corrected chi connectivity index (χ3v) is 2.81. The molecule has 21 heavy (non-hydrogen) atoms. The number of nitriles is 1. The van der Waals surface area contributed by atoms with Gasteiger partial charge in [-0.3, -0.25) is 4.79 Å². The van der Waals surface area contributed by atoms with Crippen molar-refractivity contribution in [1.82, 2.24) is 5.32 Å². The van der Waals surface area contributed by atoms with E-state index in [0.717, 1.165) is 0 Å². The topological polar surface area (TPSA) is 101 Å². The summed E-state index contributed by atoms with van der Waals surface area (Å²) >= 11 is 0. The van der Waals surface area contributed by atoms with Crippen molar-refractivity contribution >= 4 is 11.6 Å². The van der Waals surface area contributed by atoms with Crippen LogP contribution in [0.4, 0.5) is 5.69 Å². The number of nitrogens with two attached hydrogens (primary N) is 1. The zero-order chi connectivity index (χ0) is 15.2. The number of ether oxygens (including phenoxy) is 1. The van der Waals surface area contributed by atoms with Crippen molar-refractivity contribution in [3.05, 3.63) is 47.9 Å². The van der Waals surface area contributed by atoms with Gasteiger partial charge in [0.05, 0.1) is 18.4 Å². The quantitative estimate of drug-likeness (QED) is 0.816. The van der Waals surface area contributed by atoms with Crippen molar-refractivity contribution in [3.8, 4) is 11.8 Å². The van der Waals surface area contributed by atoms with Crippen LogP contribution in [0, 0.1) is 11.3 Å². The van der Waals surface area contributed by atoms with Crippen LogP contribution in [0.5, 0.6) is 5.75 Å². The van der Waals surface area contributed by atoms with E-state index in [4.69, 9.17) is 20.1 Å². The first-order valence-electron chi connectivity index (χ1n) is 6.36. The number of nitrogens with zero attached hydrogens (tertiary/aromatic N) is 1. The Bertz CT molecular complexity index is 659. The zero-order valence-corrected chi connectivity index (χ0v) is 11.5. The van der Waals surface area contributed by atoms with E-state index in [2.05, 4.69) is 5.32 Å². The summed E-state index contributed by atoms with van der Waals surface area (Å²) in [4.78, 5) is 11.9. The molecule has 0 aliphatic heterocycles. The van der Waals surface area contributed by atoms with E-state index in [1.165, 1.54) is 12.3 Å². The van der Waals surface area contributed by atoms with E-state index < -0.39 is 6.10 Å². The lowest BCUT2D eigenvalue weighted by Gasteiger charge is -2.15. The average Bonchev–Trinajstić information content (AvgIpc) is 2.99. The Hall–Kier alpha value is -2.94. The molecule has 1 heterocycles. The second-order valence-electron chi connectivity index (χ2n) is 4.42. The average molecular weight is 285 g/mol. The third-order valence-electron chi connectivity index (χ3n) is 2.81. The number of hydrogen-bond acceptors (Lipinski definition) is 5. The summed E-state index contributed by atoms with van der Waals surface area (Å²) in [7, 11) is 0. The molecule has 1 unspecified atom stereocenters. The number of amides is 1. The molecule has 2 rings (SSSR count). The molecule has 3 N–H and O–H groups in total. The normalized spacial score (nSPS) is 11.4. The van der Waals surface area contributed by atoms with Gasteiger partial charge in [-0.05, 0) is 37.3 Å². The van der Waals surface area contributed by atoms with Gasteiger partial charge in [0, 0.05) is 5.69 Å². The molecular formula is C15H15N3O3. The highest BCUT2D eigenvalue weighted by Gasteiger charge is 2.16. The molecule has 0 saturated heterocycles. The summed E-state index contributed by atoms with van der Waals surface area (Å²) in [5, 5.41) is 11.7.